The van der Waals surface area contributed by atoms with E-state index in [1.807, 2.05) is 36.9 Å². The molecular weight excluding hydrogens is 260 g/mol. The first-order chi connectivity index (χ1) is 9.26. The lowest BCUT2D eigenvalue weighted by molar-refractivity contribution is 0.196. The van der Waals surface area contributed by atoms with Crippen LogP contribution in [0.25, 0.3) is 0 Å². The molecule has 1 aromatic carbocycles. The average Bonchev–Trinajstić information content (AvgIpc) is 2.47. The Bertz CT molecular complexity index is 402. The van der Waals surface area contributed by atoms with Crippen molar-refractivity contribution < 1.29 is 14.6 Å². The topological polar surface area (TPSA) is 38.7 Å². The predicted molar refractivity (Wildman–Crippen MR) is 79.5 cm³/mol. The van der Waals surface area contributed by atoms with Gasteiger partial charge in [0.25, 0.3) is 0 Å². The van der Waals surface area contributed by atoms with Gasteiger partial charge in [0.1, 0.15) is 6.10 Å². The summed E-state index contributed by atoms with van der Waals surface area (Å²) in [6.07, 6.45) is 2.55. The molecule has 0 saturated carbocycles. The monoisotopic (exact) mass is 282 g/mol. The Labute approximate surface area is 119 Å². The lowest BCUT2D eigenvalue weighted by atomic mass is 10.0. The largest absolute Gasteiger partial charge is 0.493 e. The SMILES string of the molecule is COc1cccc(C(C)CO)c1OC1CCCSC1. The van der Waals surface area contributed by atoms with E-state index >= 15 is 0 Å². The zero-order valence-corrected chi connectivity index (χ0v) is 12.4. The molecule has 3 nitrogen and oxygen atoms in total. The Morgan fingerprint density at radius 3 is 2.95 bits per heavy atom. The first-order valence-electron chi connectivity index (χ1n) is 6.78. The van der Waals surface area contributed by atoms with Crippen LogP contribution in [-0.4, -0.2) is 36.4 Å². The summed E-state index contributed by atoms with van der Waals surface area (Å²) in [5, 5.41) is 9.38. The van der Waals surface area contributed by atoms with E-state index in [9.17, 15) is 5.11 Å². The van der Waals surface area contributed by atoms with Gasteiger partial charge < -0.3 is 14.6 Å². The summed E-state index contributed by atoms with van der Waals surface area (Å²) >= 11 is 1.94. The third-order valence-corrected chi connectivity index (χ3v) is 4.62. The molecule has 1 N–H and O–H groups in total. The van der Waals surface area contributed by atoms with E-state index < -0.39 is 0 Å². The Kier molecular flexibility index (Phi) is 5.40. The van der Waals surface area contributed by atoms with Crippen molar-refractivity contribution in [3.8, 4) is 11.5 Å². The van der Waals surface area contributed by atoms with Gasteiger partial charge in [0, 0.05) is 23.8 Å². The van der Waals surface area contributed by atoms with Crippen LogP contribution in [0, 0.1) is 0 Å². The second-order valence-electron chi connectivity index (χ2n) is 4.92. The highest BCUT2D eigenvalue weighted by Crippen LogP contribution is 2.37. The van der Waals surface area contributed by atoms with Gasteiger partial charge in [-0.1, -0.05) is 19.1 Å². The van der Waals surface area contributed by atoms with Gasteiger partial charge in [-0.25, -0.2) is 0 Å². The molecule has 1 fully saturated rings. The molecule has 2 atom stereocenters. The van der Waals surface area contributed by atoms with Gasteiger partial charge >= 0.3 is 0 Å². The maximum atomic E-state index is 9.38. The highest BCUT2D eigenvalue weighted by atomic mass is 32.2. The standard InChI is InChI=1S/C15H22O3S/c1-11(9-16)13-6-3-7-14(17-2)15(13)18-12-5-4-8-19-10-12/h3,6-7,11-12,16H,4-5,8-10H2,1-2H3. The molecule has 106 valence electrons. The van der Waals surface area contributed by atoms with Crippen LogP contribution in [0.1, 0.15) is 31.2 Å². The third-order valence-electron chi connectivity index (χ3n) is 3.44. The lowest BCUT2D eigenvalue weighted by Crippen LogP contribution is -2.24. The van der Waals surface area contributed by atoms with Crippen LogP contribution in [0.2, 0.25) is 0 Å². The molecule has 4 heteroatoms. The molecule has 2 rings (SSSR count). The predicted octanol–water partition coefficient (Wildman–Crippen LogP) is 3.07. The van der Waals surface area contributed by atoms with Crippen molar-refractivity contribution >= 4 is 11.8 Å². The summed E-state index contributed by atoms with van der Waals surface area (Å²) in [7, 11) is 1.66. The van der Waals surface area contributed by atoms with Crippen LogP contribution >= 0.6 is 11.8 Å². The van der Waals surface area contributed by atoms with Gasteiger partial charge in [0.05, 0.1) is 7.11 Å². The van der Waals surface area contributed by atoms with Crippen molar-refractivity contribution in [1.29, 1.82) is 0 Å². The van der Waals surface area contributed by atoms with Crippen molar-refractivity contribution in [2.45, 2.75) is 31.8 Å². The number of methoxy groups -OCH3 is 1. The smallest absolute Gasteiger partial charge is 0.165 e. The van der Waals surface area contributed by atoms with E-state index in [2.05, 4.69) is 0 Å². The minimum absolute atomic E-state index is 0.0568. The number of aliphatic hydroxyl groups is 1. The van der Waals surface area contributed by atoms with Gasteiger partial charge in [0.15, 0.2) is 11.5 Å². The van der Waals surface area contributed by atoms with Crippen LogP contribution in [0.3, 0.4) is 0 Å². The summed E-state index contributed by atoms with van der Waals surface area (Å²) in [6, 6.07) is 5.87. The zero-order chi connectivity index (χ0) is 13.7. The maximum Gasteiger partial charge on any atom is 0.165 e. The molecular formula is C15H22O3S. The first-order valence-corrected chi connectivity index (χ1v) is 7.94. The highest BCUT2D eigenvalue weighted by molar-refractivity contribution is 7.99. The third kappa shape index (κ3) is 3.57. The molecule has 1 aromatic rings. The lowest BCUT2D eigenvalue weighted by Gasteiger charge is -2.26. The van der Waals surface area contributed by atoms with E-state index in [-0.39, 0.29) is 18.6 Å². The van der Waals surface area contributed by atoms with Crippen LogP contribution < -0.4 is 9.47 Å². The first kappa shape index (κ1) is 14.5. The number of hydrogen-bond acceptors (Lipinski definition) is 4. The van der Waals surface area contributed by atoms with Crippen LogP contribution in [0.15, 0.2) is 18.2 Å². The van der Waals surface area contributed by atoms with E-state index in [0.29, 0.717) is 0 Å². The van der Waals surface area contributed by atoms with Gasteiger partial charge in [-0.15, -0.1) is 0 Å². The summed E-state index contributed by atoms with van der Waals surface area (Å²) < 4.78 is 11.6. The Balaban J connectivity index is 2.24. The van der Waals surface area contributed by atoms with E-state index in [4.69, 9.17) is 9.47 Å². The molecule has 0 bridgehead atoms. The number of para-hydroxylation sites is 1. The molecule has 2 unspecified atom stereocenters. The molecule has 1 saturated heterocycles. The van der Waals surface area contributed by atoms with Crippen LogP contribution in [-0.2, 0) is 0 Å². The van der Waals surface area contributed by atoms with Crippen molar-refractivity contribution in [2.75, 3.05) is 25.2 Å². The van der Waals surface area contributed by atoms with Gasteiger partial charge in [0.2, 0.25) is 0 Å². The number of thioether (sulfide) groups is 1. The minimum Gasteiger partial charge on any atom is -0.493 e. The van der Waals surface area contributed by atoms with E-state index in [1.165, 1.54) is 12.2 Å². The fourth-order valence-corrected chi connectivity index (χ4v) is 3.31. The second-order valence-corrected chi connectivity index (χ2v) is 6.07. The van der Waals surface area contributed by atoms with Crippen molar-refractivity contribution in [1.82, 2.24) is 0 Å². The van der Waals surface area contributed by atoms with Gasteiger partial charge in [-0.2, -0.15) is 11.8 Å². The van der Waals surface area contributed by atoms with Crippen molar-refractivity contribution in [3.63, 3.8) is 0 Å². The molecule has 0 aromatic heterocycles. The summed E-state index contributed by atoms with van der Waals surface area (Å²) in [6.45, 7) is 2.11. The quantitative estimate of drug-likeness (QED) is 0.901. The fourth-order valence-electron chi connectivity index (χ4n) is 2.28. The normalized spacial score (nSPS) is 20.9. The van der Waals surface area contributed by atoms with Crippen LogP contribution in [0.5, 0.6) is 11.5 Å². The van der Waals surface area contributed by atoms with Gasteiger partial charge in [-0.3, -0.25) is 0 Å². The summed E-state index contributed by atoms with van der Waals surface area (Å²) in [4.78, 5) is 0. The zero-order valence-electron chi connectivity index (χ0n) is 11.6. The second kappa shape index (κ2) is 7.06. The Hall–Kier alpha value is -0.870. The number of hydrogen-bond donors (Lipinski definition) is 1. The van der Waals surface area contributed by atoms with Crippen molar-refractivity contribution in [2.24, 2.45) is 0 Å². The fraction of sp³-hybridized carbons (Fsp3) is 0.600. The molecule has 0 aliphatic carbocycles. The van der Waals surface area contributed by atoms with Gasteiger partial charge in [-0.05, 0) is 24.7 Å². The number of benzene rings is 1. The molecule has 0 radical (unpaired) electrons. The Morgan fingerprint density at radius 1 is 1.47 bits per heavy atom. The summed E-state index contributed by atoms with van der Waals surface area (Å²) in [5.74, 6) is 3.88. The minimum atomic E-state index is 0.0568. The molecule has 19 heavy (non-hydrogen) atoms. The molecule has 1 aliphatic heterocycles. The highest BCUT2D eigenvalue weighted by Gasteiger charge is 2.21. The number of ether oxygens (including phenoxy) is 2. The summed E-state index contributed by atoms with van der Waals surface area (Å²) in [5.41, 5.74) is 1.03. The molecule has 0 amide bonds. The maximum absolute atomic E-state index is 9.38. The molecule has 0 spiro atoms. The van der Waals surface area contributed by atoms with Crippen molar-refractivity contribution in [3.05, 3.63) is 23.8 Å². The molecule has 1 aliphatic rings. The van der Waals surface area contributed by atoms with E-state index in [0.717, 1.165) is 29.2 Å². The Morgan fingerprint density at radius 2 is 2.32 bits per heavy atom. The number of rotatable bonds is 5. The average molecular weight is 282 g/mol. The molecule has 1 heterocycles. The van der Waals surface area contributed by atoms with E-state index in [1.54, 1.807) is 7.11 Å². The van der Waals surface area contributed by atoms with Crippen LogP contribution in [0.4, 0.5) is 0 Å². The number of aliphatic hydroxyl groups excluding tert-OH is 1.